The van der Waals surface area contributed by atoms with Crippen LogP contribution in [0.4, 0.5) is 0 Å². The minimum absolute atomic E-state index is 0.767. The average Bonchev–Trinajstić information content (AvgIpc) is 2.24. The number of rotatable bonds is 6. The third-order valence-electron chi connectivity index (χ3n) is 2.19. The van der Waals surface area contributed by atoms with Gasteiger partial charge < -0.3 is 0 Å². The molecule has 0 atom stereocenters. The van der Waals surface area contributed by atoms with Gasteiger partial charge in [0.15, 0.2) is 0 Å². The van der Waals surface area contributed by atoms with Gasteiger partial charge in [0.1, 0.15) is 6.29 Å². The lowest BCUT2D eigenvalue weighted by Crippen LogP contribution is -1.89. The number of carbonyl (C=O) groups excluding carboxylic acids is 1. The van der Waals surface area contributed by atoms with Crippen LogP contribution in [0, 0.1) is 5.92 Å². The van der Waals surface area contributed by atoms with E-state index >= 15 is 0 Å². The van der Waals surface area contributed by atoms with Gasteiger partial charge in [-0.15, -0.1) is 11.8 Å². The second kappa shape index (κ2) is 6.67. The molecular weight excluding hydrogens is 204 g/mol. The Morgan fingerprint density at radius 1 is 1.40 bits per heavy atom. The van der Waals surface area contributed by atoms with E-state index < -0.39 is 0 Å². The highest BCUT2D eigenvalue weighted by Gasteiger charge is 1.97. The third kappa shape index (κ3) is 5.03. The fraction of sp³-hybridized carbons (Fsp3) is 0.462. The predicted octanol–water partition coefficient (Wildman–Crippen LogP) is 4.03. The van der Waals surface area contributed by atoms with Gasteiger partial charge in [-0.25, -0.2) is 0 Å². The Kier molecular flexibility index (Phi) is 5.48. The maximum absolute atomic E-state index is 10.6. The summed E-state index contributed by atoms with van der Waals surface area (Å²) in [6.07, 6.45) is 3.42. The van der Waals surface area contributed by atoms with Gasteiger partial charge in [-0.2, -0.15) is 0 Å². The van der Waals surface area contributed by atoms with E-state index in [9.17, 15) is 4.79 Å². The van der Waals surface area contributed by atoms with Crippen molar-refractivity contribution in [3.05, 3.63) is 29.8 Å². The molecule has 82 valence electrons. The van der Waals surface area contributed by atoms with Crippen LogP contribution in [-0.4, -0.2) is 12.0 Å². The maximum Gasteiger partial charge on any atom is 0.150 e. The van der Waals surface area contributed by atoms with Crippen molar-refractivity contribution >= 4 is 18.0 Å². The molecule has 1 aromatic rings. The van der Waals surface area contributed by atoms with Crippen LogP contribution in [0.1, 0.15) is 37.0 Å². The minimum atomic E-state index is 0.767. The van der Waals surface area contributed by atoms with Crippen molar-refractivity contribution in [3.63, 3.8) is 0 Å². The Bertz CT molecular complexity index is 307. The number of carbonyl (C=O) groups is 1. The summed E-state index contributed by atoms with van der Waals surface area (Å²) in [6.45, 7) is 4.50. The summed E-state index contributed by atoms with van der Waals surface area (Å²) in [5.74, 6) is 1.92. The normalized spacial score (nSPS) is 10.6. The molecule has 1 rings (SSSR count). The van der Waals surface area contributed by atoms with Crippen LogP contribution >= 0.6 is 11.8 Å². The van der Waals surface area contributed by atoms with E-state index in [1.807, 2.05) is 30.0 Å². The third-order valence-corrected chi connectivity index (χ3v) is 3.27. The molecule has 0 aliphatic heterocycles. The van der Waals surface area contributed by atoms with Crippen LogP contribution in [0.5, 0.6) is 0 Å². The van der Waals surface area contributed by atoms with Crippen molar-refractivity contribution in [3.8, 4) is 0 Å². The molecule has 0 saturated heterocycles. The van der Waals surface area contributed by atoms with Crippen LogP contribution in [0.15, 0.2) is 29.2 Å². The molecule has 0 aliphatic carbocycles. The van der Waals surface area contributed by atoms with Gasteiger partial charge in [-0.05, 0) is 30.2 Å². The Labute approximate surface area is 96.3 Å². The average molecular weight is 222 g/mol. The predicted molar refractivity (Wildman–Crippen MR) is 66.6 cm³/mol. The Hall–Kier alpha value is -0.760. The summed E-state index contributed by atoms with van der Waals surface area (Å²) < 4.78 is 0. The first-order chi connectivity index (χ1) is 7.22. The van der Waals surface area contributed by atoms with Gasteiger partial charge in [0, 0.05) is 10.5 Å². The standard InChI is InChI=1S/C13H18OS/c1-11(2)5-4-8-15-13-7-3-6-12(9-13)10-14/h3,6-7,9-11H,4-5,8H2,1-2H3. The van der Waals surface area contributed by atoms with Crippen molar-refractivity contribution in [2.24, 2.45) is 5.92 Å². The molecule has 0 N–H and O–H groups in total. The topological polar surface area (TPSA) is 17.1 Å². The van der Waals surface area contributed by atoms with E-state index in [0.29, 0.717) is 0 Å². The zero-order valence-corrected chi connectivity index (χ0v) is 10.2. The van der Waals surface area contributed by atoms with Gasteiger partial charge in [-0.1, -0.05) is 32.4 Å². The molecule has 0 bridgehead atoms. The van der Waals surface area contributed by atoms with Gasteiger partial charge in [0.05, 0.1) is 0 Å². The highest BCUT2D eigenvalue weighted by Crippen LogP contribution is 2.20. The lowest BCUT2D eigenvalue weighted by atomic mass is 10.1. The quantitative estimate of drug-likeness (QED) is 0.411. The van der Waals surface area contributed by atoms with Crippen LogP contribution in [0.25, 0.3) is 0 Å². The molecule has 0 saturated carbocycles. The van der Waals surface area contributed by atoms with E-state index in [-0.39, 0.29) is 0 Å². The van der Waals surface area contributed by atoms with Gasteiger partial charge in [-0.3, -0.25) is 4.79 Å². The monoisotopic (exact) mass is 222 g/mol. The molecule has 1 aromatic carbocycles. The van der Waals surface area contributed by atoms with Crippen molar-refractivity contribution in [1.82, 2.24) is 0 Å². The lowest BCUT2D eigenvalue weighted by Gasteiger charge is -2.04. The van der Waals surface area contributed by atoms with Crippen LogP contribution in [0.3, 0.4) is 0 Å². The number of thioether (sulfide) groups is 1. The Morgan fingerprint density at radius 3 is 2.87 bits per heavy atom. The number of hydrogen-bond acceptors (Lipinski definition) is 2. The largest absolute Gasteiger partial charge is 0.298 e. The summed E-state index contributed by atoms with van der Waals surface area (Å²) in [7, 11) is 0. The summed E-state index contributed by atoms with van der Waals surface area (Å²) in [4.78, 5) is 11.8. The fourth-order valence-corrected chi connectivity index (χ4v) is 2.30. The van der Waals surface area contributed by atoms with Gasteiger partial charge in [0.2, 0.25) is 0 Å². The van der Waals surface area contributed by atoms with Crippen molar-refractivity contribution in [1.29, 1.82) is 0 Å². The van der Waals surface area contributed by atoms with Gasteiger partial charge in [0.25, 0.3) is 0 Å². The zero-order chi connectivity index (χ0) is 11.1. The molecule has 0 aromatic heterocycles. The zero-order valence-electron chi connectivity index (χ0n) is 9.40. The first kappa shape index (κ1) is 12.3. The van der Waals surface area contributed by atoms with Crippen LogP contribution in [0.2, 0.25) is 0 Å². The molecule has 0 spiro atoms. The van der Waals surface area contributed by atoms with Crippen molar-refractivity contribution < 1.29 is 4.79 Å². The first-order valence-electron chi connectivity index (χ1n) is 5.40. The summed E-state index contributed by atoms with van der Waals surface area (Å²) in [5.41, 5.74) is 0.767. The molecule has 15 heavy (non-hydrogen) atoms. The van der Waals surface area contributed by atoms with Crippen LogP contribution in [-0.2, 0) is 0 Å². The summed E-state index contributed by atoms with van der Waals surface area (Å²) in [5, 5.41) is 0. The van der Waals surface area contributed by atoms with E-state index in [0.717, 1.165) is 23.5 Å². The van der Waals surface area contributed by atoms with E-state index in [1.54, 1.807) is 0 Å². The minimum Gasteiger partial charge on any atom is -0.298 e. The van der Waals surface area contributed by atoms with Gasteiger partial charge >= 0.3 is 0 Å². The number of benzene rings is 1. The van der Waals surface area contributed by atoms with E-state index in [2.05, 4.69) is 19.9 Å². The van der Waals surface area contributed by atoms with Crippen molar-refractivity contribution in [2.45, 2.75) is 31.6 Å². The molecule has 0 aliphatic rings. The molecule has 0 fully saturated rings. The SMILES string of the molecule is CC(C)CCCSc1cccc(C=O)c1. The fourth-order valence-electron chi connectivity index (χ4n) is 1.36. The van der Waals surface area contributed by atoms with Crippen molar-refractivity contribution in [2.75, 3.05) is 5.75 Å². The Balaban J connectivity index is 2.34. The first-order valence-corrected chi connectivity index (χ1v) is 6.39. The second-order valence-electron chi connectivity index (χ2n) is 4.07. The molecule has 0 unspecified atom stereocenters. The maximum atomic E-state index is 10.6. The molecular formula is C13H18OS. The molecule has 0 radical (unpaired) electrons. The molecule has 0 heterocycles. The molecule has 0 amide bonds. The summed E-state index contributed by atoms with van der Waals surface area (Å²) >= 11 is 1.83. The van der Waals surface area contributed by atoms with Crippen LogP contribution < -0.4 is 0 Å². The highest BCUT2D eigenvalue weighted by molar-refractivity contribution is 7.99. The number of hydrogen-bond donors (Lipinski definition) is 0. The Morgan fingerprint density at radius 2 is 2.20 bits per heavy atom. The molecule has 2 heteroatoms. The lowest BCUT2D eigenvalue weighted by molar-refractivity contribution is 0.112. The van der Waals surface area contributed by atoms with E-state index in [1.165, 1.54) is 17.7 Å². The van der Waals surface area contributed by atoms with E-state index in [4.69, 9.17) is 0 Å². The molecule has 1 nitrogen and oxygen atoms in total. The number of aldehydes is 1. The smallest absolute Gasteiger partial charge is 0.150 e. The second-order valence-corrected chi connectivity index (χ2v) is 5.24. The summed E-state index contributed by atoms with van der Waals surface area (Å²) in [6, 6.07) is 7.79. The highest BCUT2D eigenvalue weighted by atomic mass is 32.2.